The number of benzene rings is 1. The maximum absolute atomic E-state index is 13.1. The first-order valence-electron chi connectivity index (χ1n) is 11.7. The molecule has 0 radical (unpaired) electrons. The summed E-state index contributed by atoms with van der Waals surface area (Å²) < 4.78 is 11.6. The summed E-state index contributed by atoms with van der Waals surface area (Å²) in [7, 11) is 0. The standard InChI is InChI=1S/C26H32N2O5/c1-5-27(6-2)12-7-13-28-23(21-10-8-16(3)32-21)22(25(30)26(28)31)24(29)18-9-11-20-19(15-18)14-17(4)33-20/h8-11,15,17,23,29H,5-7,12-14H2,1-4H3/b24-22-. The Labute approximate surface area is 194 Å². The van der Waals surface area contributed by atoms with E-state index in [0.29, 0.717) is 23.6 Å². The SMILES string of the molecule is CCN(CC)CCCN1C(=O)C(=O)/C(=C(\O)c2ccc3c(c2)CC(C)O3)C1c1ccc(C)o1. The van der Waals surface area contributed by atoms with Gasteiger partial charge in [-0.15, -0.1) is 0 Å². The average Bonchev–Trinajstić information content (AvgIpc) is 3.46. The molecule has 2 atom stereocenters. The van der Waals surface area contributed by atoms with Crippen LogP contribution in [0.5, 0.6) is 5.75 Å². The van der Waals surface area contributed by atoms with Gasteiger partial charge in [0.25, 0.3) is 11.7 Å². The van der Waals surface area contributed by atoms with Gasteiger partial charge in [-0.05, 0) is 75.8 Å². The zero-order valence-electron chi connectivity index (χ0n) is 19.8. The van der Waals surface area contributed by atoms with E-state index in [2.05, 4.69) is 18.7 Å². The molecule has 1 saturated heterocycles. The third-order valence-corrected chi connectivity index (χ3v) is 6.51. The molecule has 1 fully saturated rings. The molecule has 2 aromatic rings. The van der Waals surface area contributed by atoms with Crippen molar-refractivity contribution in [3.05, 3.63) is 58.6 Å². The molecule has 33 heavy (non-hydrogen) atoms. The van der Waals surface area contributed by atoms with Gasteiger partial charge < -0.3 is 24.1 Å². The van der Waals surface area contributed by atoms with Crippen LogP contribution in [-0.4, -0.2) is 58.9 Å². The largest absolute Gasteiger partial charge is 0.507 e. The number of ketones is 1. The van der Waals surface area contributed by atoms with E-state index < -0.39 is 17.7 Å². The van der Waals surface area contributed by atoms with Crippen molar-refractivity contribution in [1.29, 1.82) is 0 Å². The molecule has 3 heterocycles. The molecule has 0 aliphatic carbocycles. The third-order valence-electron chi connectivity index (χ3n) is 6.51. The average molecular weight is 453 g/mol. The first-order valence-corrected chi connectivity index (χ1v) is 11.7. The first kappa shape index (κ1) is 23.1. The maximum atomic E-state index is 13.1. The van der Waals surface area contributed by atoms with E-state index in [1.165, 1.54) is 4.90 Å². The highest BCUT2D eigenvalue weighted by atomic mass is 16.5. The van der Waals surface area contributed by atoms with E-state index in [-0.39, 0.29) is 17.4 Å². The molecule has 1 aromatic heterocycles. The highest BCUT2D eigenvalue weighted by molar-refractivity contribution is 6.46. The van der Waals surface area contributed by atoms with E-state index in [0.717, 1.165) is 43.8 Å². The lowest BCUT2D eigenvalue weighted by atomic mass is 9.97. The number of carbonyl (C=O) groups is 2. The number of Topliss-reactive ketones (excluding diaryl/α,β-unsaturated/α-hetero) is 1. The summed E-state index contributed by atoms with van der Waals surface area (Å²) in [6.45, 7) is 11.1. The van der Waals surface area contributed by atoms with Crippen LogP contribution >= 0.6 is 0 Å². The number of aliphatic hydroxyl groups is 1. The Morgan fingerprint density at radius 3 is 2.61 bits per heavy atom. The molecule has 7 heteroatoms. The molecule has 2 aliphatic heterocycles. The molecule has 1 aromatic carbocycles. The zero-order chi connectivity index (χ0) is 23.7. The molecule has 176 valence electrons. The zero-order valence-corrected chi connectivity index (χ0v) is 19.8. The van der Waals surface area contributed by atoms with Crippen molar-refractivity contribution >= 4 is 17.4 Å². The molecular formula is C26H32N2O5. The minimum Gasteiger partial charge on any atom is -0.507 e. The Hall–Kier alpha value is -3.06. The van der Waals surface area contributed by atoms with Gasteiger partial charge in [0.05, 0.1) is 5.57 Å². The number of hydrogen-bond acceptors (Lipinski definition) is 6. The fraction of sp³-hybridized carbons (Fsp3) is 0.462. The highest BCUT2D eigenvalue weighted by Crippen LogP contribution is 2.41. The van der Waals surface area contributed by atoms with Crippen molar-refractivity contribution in [3.8, 4) is 5.75 Å². The van der Waals surface area contributed by atoms with Crippen molar-refractivity contribution in [2.75, 3.05) is 26.2 Å². The lowest BCUT2D eigenvalue weighted by Crippen LogP contribution is -2.33. The summed E-state index contributed by atoms with van der Waals surface area (Å²) >= 11 is 0. The Balaban J connectivity index is 1.70. The predicted octanol–water partition coefficient (Wildman–Crippen LogP) is 4.07. The number of carbonyl (C=O) groups excluding carboxylic acids is 2. The van der Waals surface area contributed by atoms with E-state index in [1.807, 2.05) is 19.9 Å². The Morgan fingerprint density at radius 1 is 1.18 bits per heavy atom. The third kappa shape index (κ3) is 4.42. The van der Waals surface area contributed by atoms with Crippen LogP contribution < -0.4 is 4.74 Å². The number of rotatable bonds is 8. The van der Waals surface area contributed by atoms with Gasteiger partial charge in [-0.2, -0.15) is 0 Å². The topological polar surface area (TPSA) is 83.2 Å². The summed E-state index contributed by atoms with van der Waals surface area (Å²) in [5.74, 6) is 0.486. The summed E-state index contributed by atoms with van der Waals surface area (Å²) in [5.41, 5.74) is 1.55. The molecular weight excluding hydrogens is 420 g/mol. The molecule has 4 rings (SSSR count). The van der Waals surface area contributed by atoms with E-state index in [4.69, 9.17) is 9.15 Å². The van der Waals surface area contributed by atoms with Crippen LogP contribution in [0, 0.1) is 6.92 Å². The van der Waals surface area contributed by atoms with Crippen molar-refractivity contribution < 1.29 is 23.8 Å². The Kier molecular flexibility index (Phi) is 6.61. The highest BCUT2D eigenvalue weighted by Gasteiger charge is 2.47. The molecule has 1 N–H and O–H groups in total. The molecule has 0 saturated carbocycles. The smallest absolute Gasteiger partial charge is 0.295 e. The number of ether oxygens (including phenoxy) is 1. The first-order chi connectivity index (χ1) is 15.8. The molecule has 0 spiro atoms. The summed E-state index contributed by atoms with van der Waals surface area (Å²) in [6, 6.07) is 8.20. The van der Waals surface area contributed by atoms with Gasteiger partial charge in [0.15, 0.2) is 0 Å². The lowest BCUT2D eigenvalue weighted by Gasteiger charge is -2.25. The van der Waals surface area contributed by atoms with Crippen LogP contribution in [0.3, 0.4) is 0 Å². The quantitative estimate of drug-likeness (QED) is 0.369. The van der Waals surface area contributed by atoms with E-state index in [9.17, 15) is 14.7 Å². The Morgan fingerprint density at radius 2 is 1.94 bits per heavy atom. The minimum absolute atomic E-state index is 0.0693. The second-order valence-electron chi connectivity index (χ2n) is 8.78. The minimum atomic E-state index is -0.751. The second kappa shape index (κ2) is 9.43. The number of nitrogens with zero attached hydrogens (tertiary/aromatic N) is 2. The van der Waals surface area contributed by atoms with Crippen LogP contribution in [0.2, 0.25) is 0 Å². The number of likely N-dealkylation sites (tertiary alicyclic amines) is 1. The van der Waals surface area contributed by atoms with Crippen LogP contribution in [0.25, 0.3) is 5.76 Å². The van der Waals surface area contributed by atoms with Gasteiger partial charge in [-0.25, -0.2) is 0 Å². The van der Waals surface area contributed by atoms with Crippen LogP contribution in [0.4, 0.5) is 0 Å². The van der Waals surface area contributed by atoms with Gasteiger partial charge in [0, 0.05) is 18.5 Å². The second-order valence-corrected chi connectivity index (χ2v) is 8.78. The number of furan rings is 1. The number of fused-ring (bicyclic) bond motifs is 1. The monoisotopic (exact) mass is 452 g/mol. The van der Waals surface area contributed by atoms with Gasteiger partial charge >= 0.3 is 0 Å². The molecule has 1 amide bonds. The lowest BCUT2D eigenvalue weighted by molar-refractivity contribution is -0.140. The van der Waals surface area contributed by atoms with Crippen molar-refractivity contribution in [3.63, 3.8) is 0 Å². The molecule has 7 nitrogen and oxygen atoms in total. The molecule has 2 unspecified atom stereocenters. The van der Waals surface area contributed by atoms with Crippen LogP contribution in [0.15, 0.2) is 40.3 Å². The molecule has 2 aliphatic rings. The van der Waals surface area contributed by atoms with Crippen molar-refractivity contribution in [2.24, 2.45) is 0 Å². The van der Waals surface area contributed by atoms with Crippen LogP contribution in [-0.2, 0) is 16.0 Å². The van der Waals surface area contributed by atoms with Gasteiger partial charge in [-0.3, -0.25) is 9.59 Å². The number of aliphatic hydroxyl groups excluding tert-OH is 1. The van der Waals surface area contributed by atoms with E-state index in [1.54, 1.807) is 24.3 Å². The van der Waals surface area contributed by atoms with Crippen molar-refractivity contribution in [2.45, 2.75) is 52.7 Å². The van der Waals surface area contributed by atoms with Crippen molar-refractivity contribution in [1.82, 2.24) is 9.80 Å². The van der Waals surface area contributed by atoms with E-state index >= 15 is 0 Å². The number of hydrogen-bond donors (Lipinski definition) is 1. The normalized spacial score (nSPS) is 21.7. The van der Waals surface area contributed by atoms with Gasteiger partial charge in [0.2, 0.25) is 0 Å². The summed E-state index contributed by atoms with van der Waals surface area (Å²) in [4.78, 5) is 30.0. The van der Waals surface area contributed by atoms with Gasteiger partial charge in [0.1, 0.15) is 35.2 Å². The van der Waals surface area contributed by atoms with Gasteiger partial charge in [-0.1, -0.05) is 13.8 Å². The fourth-order valence-electron chi connectivity index (χ4n) is 4.74. The fourth-order valence-corrected chi connectivity index (χ4v) is 4.74. The Bertz CT molecular complexity index is 1080. The number of amides is 1. The maximum Gasteiger partial charge on any atom is 0.295 e. The predicted molar refractivity (Wildman–Crippen MR) is 125 cm³/mol. The summed E-state index contributed by atoms with van der Waals surface area (Å²) in [6.07, 6.45) is 1.52. The molecule has 0 bridgehead atoms. The van der Waals surface area contributed by atoms with Crippen LogP contribution in [0.1, 0.15) is 55.9 Å². The number of aryl methyl sites for hydroxylation is 1. The summed E-state index contributed by atoms with van der Waals surface area (Å²) in [5, 5.41) is 11.2.